The van der Waals surface area contributed by atoms with Crippen molar-refractivity contribution < 1.29 is 23.7 Å². The Morgan fingerprint density at radius 1 is 1.19 bits per heavy atom. The summed E-state index contributed by atoms with van der Waals surface area (Å²) in [5, 5.41) is 3.05. The largest absolute Gasteiger partial charge is 0.497 e. The van der Waals surface area contributed by atoms with E-state index >= 15 is 0 Å². The Kier molecular flexibility index (Phi) is 7.67. The van der Waals surface area contributed by atoms with Crippen molar-refractivity contribution in [3.8, 4) is 28.5 Å². The molecule has 0 spiro atoms. The third-order valence-electron chi connectivity index (χ3n) is 6.52. The minimum atomic E-state index is -0.345. The van der Waals surface area contributed by atoms with Crippen LogP contribution >= 0.6 is 0 Å². The number of benzene rings is 2. The molecule has 2 aromatic carbocycles. The average molecular weight is 506 g/mol. The number of hydrogen-bond donors (Lipinski definition) is 2. The van der Waals surface area contributed by atoms with Crippen LogP contribution < -0.4 is 25.3 Å². The van der Waals surface area contributed by atoms with Crippen molar-refractivity contribution in [1.82, 2.24) is 14.9 Å². The molecule has 3 aromatic rings. The van der Waals surface area contributed by atoms with Crippen molar-refractivity contribution in [1.29, 1.82) is 0 Å². The lowest BCUT2D eigenvalue weighted by molar-refractivity contribution is -0.121. The molecule has 2 aliphatic heterocycles. The van der Waals surface area contributed by atoms with E-state index in [1.54, 1.807) is 19.4 Å². The molecular formula is C27H31N5O5. The molecule has 1 unspecified atom stereocenters. The number of nitrogen functional groups attached to an aromatic ring is 1. The maximum absolute atomic E-state index is 13.3. The van der Waals surface area contributed by atoms with Gasteiger partial charge in [0.15, 0.2) is 0 Å². The fourth-order valence-corrected chi connectivity index (χ4v) is 4.45. The lowest BCUT2D eigenvalue weighted by Crippen LogP contribution is -2.38. The third kappa shape index (κ3) is 6.10. The molecule has 1 fully saturated rings. The molecule has 1 saturated heterocycles. The zero-order chi connectivity index (χ0) is 25.6. The number of nitrogens with one attached hydrogen (secondary N) is 1. The van der Waals surface area contributed by atoms with Crippen molar-refractivity contribution >= 4 is 17.5 Å². The molecular weight excluding hydrogens is 474 g/mol. The SMILES string of the molecule is COc1ccc2c(c1)CC(C(=O)Nc1ccc(-c3ccnc(N)n3)cc1OCCN1CCOCC1)CO2. The van der Waals surface area contributed by atoms with Gasteiger partial charge in [0, 0.05) is 31.4 Å². The summed E-state index contributed by atoms with van der Waals surface area (Å²) in [5.74, 6) is 1.80. The first kappa shape index (κ1) is 24.8. The number of amides is 1. The molecule has 0 saturated carbocycles. The smallest absolute Gasteiger partial charge is 0.231 e. The molecule has 0 aliphatic carbocycles. The first-order chi connectivity index (χ1) is 18.1. The lowest BCUT2D eigenvalue weighted by atomic mass is 9.95. The monoisotopic (exact) mass is 505 g/mol. The quantitative estimate of drug-likeness (QED) is 0.476. The maximum Gasteiger partial charge on any atom is 0.231 e. The predicted molar refractivity (Wildman–Crippen MR) is 139 cm³/mol. The summed E-state index contributed by atoms with van der Waals surface area (Å²) in [7, 11) is 1.62. The Labute approximate surface area is 215 Å². The first-order valence-electron chi connectivity index (χ1n) is 12.4. The Bertz CT molecular complexity index is 1250. The van der Waals surface area contributed by atoms with E-state index in [0.29, 0.717) is 36.8 Å². The van der Waals surface area contributed by atoms with Gasteiger partial charge in [-0.3, -0.25) is 9.69 Å². The molecule has 0 radical (unpaired) electrons. The van der Waals surface area contributed by atoms with Crippen LogP contribution in [0, 0.1) is 5.92 Å². The van der Waals surface area contributed by atoms with Gasteiger partial charge in [0.25, 0.3) is 0 Å². The summed E-state index contributed by atoms with van der Waals surface area (Å²) >= 11 is 0. The number of methoxy groups -OCH3 is 1. The topological polar surface area (TPSA) is 121 Å². The van der Waals surface area contributed by atoms with Gasteiger partial charge in [-0.15, -0.1) is 0 Å². The number of aromatic nitrogens is 2. The summed E-state index contributed by atoms with van der Waals surface area (Å²) in [6, 6.07) is 13.0. The minimum absolute atomic E-state index is 0.134. The van der Waals surface area contributed by atoms with E-state index in [0.717, 1.165) is 55.5 Å². The second-order valence-corrected chi connectivity index (χ2v) is 8.99. The van der Waals surface area contributed by atoms with E-state index in [1.165, 1.54) is 0 Å². The van der Waals surface area contributed by atoms with Gasteiger partial charge in [-0.1, -0.05) is 6.07 Å². The fourth-order valence-electron chi connectivity index (χ4n) is 4.45. The van der Waals surface area contributed by atoms with E-state index < -0.39 is 0 Å². The minimum Gasteiger partial charge on any atom is -0.497 e. The van der Waals surface area contributed by atoms with Crippen LogP contribution in [0.4, 0.5) is 11.6 Å². The Hall–Kier alpha value is -3.89. The van der Waals surface area contributed by atoms with E-state index in [9.17, 15) is 4.79 Å². The normalized spacial score (nSPS) is 17.4. The summed E-state index contributed by atoms with van der Waals surface area (Å²) in [6.07, 6.45) is 2.17. The van der Waals surface area contributed by atoms with E-state index in [4.69, 9.17) is 24.7 Å². The second-order valence-electron chi connectivity index (χ2n) is 8.99. The molecule has 10 heteroatoms. The number of carbonyl (C=O) groups excluding carboxylic acids is 1. The zero-order valence-corrected chi connectivity index (χ0v) is 20.8. The van der Waals surface area contributed by atoms with Gasteiger partial charge in [0.1, 0.15) is 30.5 Å². The zero-order valence-electron chi connectivity index (χ0n) is 20.8. The van der Waals surface area contributed by atoms with Gasteiger partial charge >= 0.3 is 0 Å². The van der Waals surface area contributed by atoms with Gasteiger partial charge in [-0.05, 0) is 48.4 Å². The van der Waals surface area contributed by atoms with Crippen LogP contribution in [-0.4, -0.2) is 73.9 Å². The first-order valence-corrected chi connectivity index (χ1v) is 12.4. The number of nitrogens with zero attached hydrogens (tertiary/aromatic N) is 3. The van der Waals surface area contributed by atoms with Crippen LogP contribution in [0.5, 0.6) is 17.2 Å². The molecule has 1 aromatic heterocycles. The Balaban J connectivity index is 1.32. The summed E-state index contributed by atoms with van der Waals surface area (Å²) in [4.78, 5) is 23.8. The molecule has 3 heterocycles. The molecule has 0 bridgehead atoms. The number of ether oxygens (including phenoxy) is 4. The lowest BCUT2D eigenvalue weighted by Gasteiger charge is -2.27. The Morgan fingerprint density at radius 3 is 2.86 bits per heavy atom. The standard InChI is InChI=1S/C27H31N5O5/c1-34-21-3-5-24-19(15-21)14-20(17-37-24)26(33)30-23-4-2-18(22-6-7-29-27(28)31-22)16-25(23)36-13-10-32-8-11-35-12-9-32/h2-7,15-16,20H,8-14,17H2,1H3,(H,30,33)(H2,28,29,31). The van der Waals surface area contributed by atoms with E-state index in [1.807, 2.05) is 36.4 Å². The average Bonchev–Trinajstić information content (AvgIpc) is 2.93. The van der Waals surface area contributed by atoms with Crippen molar-refractivity contribution in [2.75, 3.05) is 64.2 Å². The second kappa shape index (κ2) is 11.4. The third-order valence-corrected chi connectivity index (χ3v) is 6.52. The van der Waals surface area contributed by atoms with Gasteiger partial charge in [0.05, 0.1) is 37.6 Å². The van der Waals surface area contributed by atoms with E-state index in [2.05, 4.69) is 20.2 Å². The number of anilines is 2. The number of nitrogens with two attached hydrogens (primary N) is 1. The number of morpholine rings is 1. The molecule has 2 aliphatic rings. The van der Waals surface area contributed by atoms with Gasteiger partial charge in [0.2, 0.25) is 11.9 Å². The van der Waals surface area contributed by atoms with Crippen LogP contribution in [0.25, 0.3) is 11.3 Å². The number of carbonyl (C=O) groups is 1. The summed E-state index contributed by atoms with van der Waals surface area (Å²) in [6.45, 7) is 4.74. The number of rotatable bonds is 8. The van der Waals surface area contributed by atoms with Gasteiger partial charge in [-0.25, -0.2) is 9.97 Å². The van der Waals surface area contributed by atoms with Crippen molar-refractivity contribution in [3.63, 3.8) is 0 Å². The molecule has 5 rings (SSSR count). The van der Waals surface area contributed by atoms with Crippen molar-refractivity contribution in [2.45, 2.75) is 6.42 Å². The molecule has 37 heavy (non-hydrogen) atoms. The predicted octanol–water partition coefficient (Wildman–Crippen LogP) is 2.64. The number of fused-ring (bicyclic) bond motifs is 1. The molecule has 10 nitrogen and oxygen atoms in total. The van der Waals surface area contributed by atoms with Crippen LogP contribution in [0.2, 0.25) is 0 Å². The highest BCUT2D eigenvalue weighted by atomic mass is 16.5. The van der Waals surface area contributed by atoms with E-state index in [-0.39, 0.29) is 17.8 Å². The summed E-state index contributed by atoms with van der Waals surface area (Å²) < 4.78 is 22.8. The van der Waals surface area contributed by atoms with Crippen LogP contribution in [0.3, 0.4) is 0 Å². The highest BCUT2D eigenvalue weighted by Gasteiger charge is 2.27. The van der Waals surface area contributed by atoms with Crippen LogP contribution in [-0.2, 0) is 16.0 Å². The number of hydrogen-bond acceptors (Lipinski definition) is 9. The van der Waals surface area contributed by atoms with Gasteiger partial charge in [-0.2, -0.15) is 0 Å². The summed E-state index contributed by atoms with van der Waals surface area (Å²) in [5.41, 5.74) is 8.81. The van der Waals surface area contributed by atoms with Crippen LogP contribution in [0.15, 0.2) is 48.7 Å². The molecule has 194 valence electrons. The Morgan fingerprint density at radius 2 is 2.05 bits per heavy atom. The van der Waals surface area contributed by atoms with Crippen molar-refractivity contribution in [3.05, 3.63) is 54.2 Å². The highest BCUT2D eigenvalue weighted by Crippen LogP contribution is 2.33. The molecule has 1 amide bonds. The maximum atomic E-state index is 13.3. The molecule has 1 atom stereocenters. The van der Waals surface area contributed by atoms with Crippen molar-refractivity contribution in [2.24, 2.45) is 5.92 Å². The van der Waals surface area contributed by atoms with Crippen LogP contribution in [0.1, 0.15) is 5.56 Å². The highest BCUT2D eigenvalue weighted by molar-refractivity contribution is 5.95. The fraction of sp³-hybridized carbons (Fsp3) is 0.370. The van der Waals surface area contributed by atoms with Gasteiger partial charge < -0.3 is 30.0 Å². The molecule has 3 N–H and O–H groups in total.